The second-order valence-corrected chi connectivity index (χ2v) is 6.41. The van der Waals surface area contributed by atoms with E-state index in [1.165, 1.54) is 12.1 Å². The van der Waals surface area contributed by atoms with E-state index in [0.717, 1.165) is 34.3 Å². The van der Waals surface area contributed by atoms with Crippen LogP contribution in [-0.4, -0.2) is 16.9 Å². The fourth-order valence-electron chi connectivity index (χ4n) is 3.48. The highest BCUT2D eigenvalue weighted by Gasteiger charge is 2.26. The van der Waals surface area contributed by atoms with Crippen LogP contribution >= 0.6 is 0 Å². The number of halogens is 4. The first-order valence-corrected chi connectivity index (χ1v) is 8.17. The van der Waals surface area contributed by atoms with Gasteiger partial charge in [-0.05, 0) is 55.2 Å². The Balaban J connectivity index is 1.58. The molecule has 1 heterocycles. The van der Waals surface area contributed by atoms with Crippen molar-refractivity contribution in [2.24, 2.45) is 0 Å². The number of aromatic amines is 1. The van der Waals surface area contributed by atoms with Crippen LogP contribution in [0.3, 0.4) is 0 Å². The van der Waals surface area contributed by atoms with Crippen molar-refractivity contribution in [2.75, 3.05) is 0 Å². The van der Waals surface area contributed by atoms with Crippen LogP contribution < -0.4 is 5.32 Å². The van der Waals surface area contributed by atoms with E-state index in [9.17, 15) is 22.4 Å². The van der Waals surface area contributed by atoms with Gasteiger partial charge in [0.1, 0.15) is 5.82 Å². The van der Waals surface area contributed by atoms with Crippen molar-refractivity contribution >= 4 is 16.8 Å². The van der Waals surface area contributed by atoms with E-state index < -0.39 is 28.9 Å². The Morgan fingerprint density at radius 1 is 1.08 bits per heavy atom. The van der Waals surface area contributed by atoms with Crippen molar-refractivity contribution in [1.82, 2.24) is 10.3 Å². The van der Waals surface area contributed by atoms with Gasteiger partial charge in [0.15, 0.2) is 17.5 Å². The molecule has 0 saturated carbocycles. The molecule has 1 amide bonds. The molecule has 1 unspecified atom stereocenters. The molecular formula is C19H14F4N2O. The summed E-state index contributed by atoms with van der Waals surface area (Å²) >= 11 is 0. The Morgan fingerprint density at radius 2 is 1.88 bits per heavy atom. The molecule has 1 aromatic heterocycles. The lowest BCUT2D eigenvalue weighted by Gasteiger charge is -2.24. The second kappa shape index (κ2) is 6.16. The molecule has 0 radical (unpaired) electrons. The number of H-pyrrole nitrogens is 1. The Bertz CT molecular complexity index is 1030. The molecule has 0 bridgehead atoms. The van der Waals surface area contributed by atoms with E-state index in [-0.39, 0.29) is 11.9 Å². The van der Waals surface area contributed by atoms with E-state index in [0.29, 0.717) is 19.3 Å². The number of hydrogen-bond donors (Lipinski definition) is 2. The lowest BCUT2D eigenvalue weighted by atomic mass is 9.91. The van der Waals surface area contributed by atoms with E-state index in [4.69, 9.17) is 0 Å². The Hall–Kier alpha value is -2.83. The summed E-state index contributed by atoms with van der Waals surface area (Å²) < 4.78 is 53.7. The zero-order chi connectivity index (χ0) is 18.4. The lowest BCUT2D eigenvalue weighted by Crippen LogP contribution is -2.39. The van der Waals surface area contributed by atoms with Crippen LogP contribution in [0.1, 0.15) is 28.0 Å². The standard InChI is InChI=1S/C19H14F4N2O/c20-9-1-5-15-12(7-9)13-8-10(2-6-16(13)25-15)24-19(26)11-3-4-14(21)18(23)17(11)22/h1,3-5,7,10,25H,2,6,8H2,(H,24,26). The average Bonchev–Trinajstić information content (AvgIpc) is 2.97. The first-order chi connectivity index (χ1) is 12.4. The third kappa shape index (κ3) is 2.73. The number of nitrogens with one attached hydrogen (secondary N) is 2. The molecule has 1 aliphatic carbocycles. The molecule has 0 fully saturated rings. The van der Waals surface area contributed by atoms with E-state index in [2.05, 4.69) is 10.3 Å². The van der Waals surface area contributed by atoms with Crippen molar-refractivity contribution in [2.45, 2.75) is 25.3 Å². The summed E-state index contributed by atoms with van der Waals surface area (Å²) in [6, 6.07) is 5.78. The largest absolute Gasteiger partial charge is 0.358 e. The maximum Gasteiger partial charge on any atom is 0.254 e. The van der Waals surface area contributed by atoms with Crippen LogP contribution in [-0.2, 0) is 12.8 Å². The van der Waals surface area contributed by atoms with E-state index >= 15 is 0 Å². The summed E-state index contributed by atoms with van der Waals surface area (Å²) in [5.41, 5.74) is 2.16. The highest BCUT2D eigenvalue weighted by molar-refractivity contribution is 5.95. The smallest absolute Gasteiger partial charge is 0.254 e. The van der Waals surface area contributed by atoms with Gasteiger partial charge in [0.25, 0.3) is 5.91 Å². The molecule has 0 spiro atoms. The van der Waals surface area contributed by atoms with Gasteiger partial charge in [-0.3, -0.25) is 4.79 Å². The first-order valence-electron chi connectivity index (χ1n) is 8.17. The van der Waals surface area contributed by atoms with Crippen molar-refractivity contribution < 1.29 is 22.4 Å². The summed E-state index contributed by atoms with van der Waals surface area (Å²) in [5, 5.41) is 3.41. The van der Waals surface area contributed by atoms with E-state index in [1.807, 2.05) is 0 Å². The maximum absolute atomic E-state index is 13.8. The number of hydrogen-bond acceptors (Lipinski definition) is 1. The maximum atomic E-state index is 13.8. The number of aromatic nitrogens is 1. The predicted octanol–water partition coefficient (Wildman–Crippen LogP) is 4.01. The molecule has 26 heavy (non-hydrogen) atoms. The Morgan fingerprint density at radius 3 is 2.69 bits per heavy atom. The number of aryl methyl sites for hydroxylation is 1. The van der Waals surface area contributed by atoms with Crippen molar-refractivity contribution in [3.05, 3.63) is 70.4 Å². The van der Waals surface area contributed by atoms with Crippen LogP contribution in [0.2, 0.25) is 0 Å². The quantitative estimate of drug-likeness (QED) is 0.525. The Kier molecular flexibility index (Phi) is 3.94. The summed E-state index contributed by atoms with van der Waals surface area (Å²) in [7, 11) is 0. The third-order valence-electron chi connectivity index (χ3n) is 4.76. The number of amides is 1. The number of rotatable bonds is 2. The van der Waals surface area contributed by atoms with Crippen molar-refractivity contribution in [3.63, 3.8) is 0 Å². The van der Waals surface area contributed by atoms with Gasteiger partial charge in [0.05, 0.1) is 5.56 Å². The van der Waals surface area contributed by atoms with Gasteiger partial charge >= 0.3 is 0 Å². The van der Waals surface area contributed by atoms with Crippen molar-refractivity contribution in [1.29, 1.82) is 0 Å². The molecule has 1 atom stereocenters. The molecule has 134 valence electrons. The molecule has 1 aliphatic rings. The number of fused-ring (bicyclic) bond motifs is 3. The van der Waals surface area contributed by atoms with Gasteiger partial charge in [0.2, 0.25) is 0 Å². The van der Waals surface area contributed by atoms with Crippen LogP contribution in [0, 0.1) is 23.3 Å². The average molecular weight is 362 g/mol. The minimum Gasteiger partial charge on any atom is -0.358 e. The molecule has 0 aliphatic heterocycles. The summed E-state index contributed by atoms with van der Waals surface area (Å²) in [5.74, 6) is -5.68. The highest BCUT2D eigenvalue weighted by Crippen LogP contribution is 2.30. The predicted molar refractivity (Wildman–Crippen MR) is 87.9 cm³/mol. The van der Waals surface area contributed by atoms with Gasteiger partial charge < -0.3 is 10.3 Å². The normalized spacial score (nSPS) is 16.5. The third-order valence-corrected chi connectivity index (χ3v) is 4.76. The molecule has 2 aromatic carbocycles. The zero-order valence-electron chi connectivity index (χ0n) is 13.5. The monoisotopic (exact) mass is 362 g/mol. The fraction of sp³-hybridized carbons (Fsp3) is 0.211. The second-order valence-electron chi connectivity index (χ2n) is 6.41. The number of benzene rings is 2. The molecule has 7 heteroatoms. The molecule has 3 aromatic rings. The number of carbonyl (C=O) groups is 1. The van der Waals surface area contributed by atoms with Gasteiger partial charge in [-0.15, -0.1) is 0 Å². The van der Waals surface area contributed by atoms with E-state index in [1.54, 1.807) is 6.07 Å². The van der Waals surface area contributed by atoms with Gasteiger partial charge in [0, 0.05) is 22.6 Å². The first kappa shape index (κ1) is 16.6. The summed E-state index contributed by atoms with van der Waals surface area (Å²) in [6.45, 7) is 0. The van der Waals surface area contributed by atoms with Gasteiger partial charge in [-0.25, -0.2) is 17.6 Å². The molecule has 3 nitrogen and oxygen atoms in total. The molecule has 4 rings (SSSR count). The minimum absolute atomic E-state index is 0.315. The molecule has 0 saturated heterocycles. The Labute approximate surface area is 146 Å². The van der Waals surface area contributed by atoms with Gasteiger partial charge in [-0.1, -0.05) is 0 Å². The summed E-state index contributed by atoms with van der Waals surface area (Å²) in [4.78, 5) is 15.5. The minimum atomic E-state index is -1.67. The van der Waals surface area contributed by atoms with Crippen molar-refractivity contribution in [3.8, 4) is 0 Å². The highest BCUT2D eigenvalue weighted by atomic mass is 19.2. The topological polar surface area (TPSA) is 44.9 Å². The lowest BCUT2D eigenvalue weighted by molar-refractivity contribution is 0.0928. The number of carbonyl (C=O) groups excluding carboxylic acids is 1. The van der Waals surface area contributed by atoms with Gasteiger partial charge in [-0.2, -0.15) is 0 Å². The molecular weight excluding hydrogens is 348 g/mol. The van der Waals surface area contributed by atoms with Crippen LogP contribution in [0.15, 0.2) is 30.3 Å². The zero-order valence-corrected chi connectivity index (χ0v) is 13.5. The van der Waals surface area contributed by atoms with Crippen LogP contribution in [0.4, 0.5) is 17.6 Å². The fourth-order valence-corrected chi connectivity index (χ4v) is 3.48. The van der Waals surface area contributed by atoms with Crippen LogP contribution in [0.5, 0.6) is 0 Å². The van der Waals surface area contributed by atoms with Crippen LogP contribution in [0.25, 0.3) is 10.9 Å². The summed E-state index contributed by atoms with van der Waals surface area (Å²) in [6.07, 6.45) is 1.67. The SMILES string of the molecule is O=C(NC1CCc2[nH]c3ccc(F)cc3c2C1)c1ccc(F)c(F)c1F. The molecule has 2 N–H and O–H groups in total.